The number of aliphatic hydroxyl groups excluding tert-OH is 2. The molecule has 15 nitrogen and oxygen atoms in total. The van der Waals surface area contributed by atoms with Gasteiger partial charge in [-0.05, 0) is 84.3 Å². The molecule has 7 rings (SSSR count). The Morgan fingerprint density at radius 2 is 1.47 bits per heavy atom. The molecule has 1 aliphatic heterocycles. The summed E-state index contributed by atoms with van der Waals surface area (Å²) in [5, 5.41) is 39.1. The zero-order valence-corrected chi connectivity index (χ0v) is 44.6. The van der Waals surface area contributed by atoms with Crippen molar-refractivity contribution in [2.24, 2.45) is 16.2 Å². The Balaban J connectivity index is 0.817. The van der Waals surface area contributed by atoms with Crippen molar-refractivity contribution in [1.29, 1.82) is 5.26 Å². The Hall–Kier alpha value is -6.85. The lowest BCUT2D eigenvalue weighted by Gasteiger charge is -2.63. The fourth-order valence-corrected chi connectivity index (χ4v) is 11.1. The zero-order chi connectivity index (χ0) is 55.3. The maximum atomic E-state index is 14.0. The van der Waals surface area contributed by atoms with Crippen molar-refractivity contribution >= 4 is 35.0 Å². The van der Waals surface area contributed by atoms with Gasteiger partial charge in [0.25, 0.3) is 5.91 Å². The second-order valence-corrected chi connectivity index (χ2v) is 22.5. The molecule has 0 bridgehead atoms. The number of rotatable bonds is 19. The molecule has 4 atom stereocenters. The smallest absolute Gasteiger partial charge is 0.417 e. The molecule has 4 aromatic carbocycles. The van der Waals surface area contributed by atoms with Crippen molar-refractivity contribution < 1.29 is 56.8 Å². The number of thiazole rings is 1. The Kier molecular flexibility index (Phi) is 17.3. The number of alkyl halides is 3. The Morgan fingerprint density at radius 1 is 0.868 bits per heavy atom. The molecule has 76 heavy (non-hydrogen) atoms. The van der Waals surface area contributed by atoms with Gasteiger partial charge in [0.2, 0.25) is 17.7 Å². The number of aliphatic hydroxyl groups is 2. The van der Waals surface area contributed by atoms with E-state index in [9.17, 15) is 47.8 Å². The van der Waals surface area contributed by atoms with Gasteiger partial charge >= 0.3 is 6.18 Å². The van der Waals surface area contributed by atoms with Gasteiger partial charge in [0.05, 0.1) is 46.0 Å². The molecule has 1 aromatic heterocycles. The molecule has 1 saturated heterocycles. The third-order valence-corrected chi connectivity index (χ3v) is 15.1. The van der Waals surface area contributed by atoms with E-state index in [1.165, 1.54) is 22.3 Å². The quantitative estimate of drug-likeness (QED) is 0.0390. The van der Waals surface area contributed by atoms with Gasteiger partial charge in [0.1, 0.15) is 36.3 Å². The van der Waals surface area contributed by atoms with Gasteiger partial charge in [-0.15, -0.1) is 11.3 Å². The van der Waals surface area contributed by atoms with Gasteiger partial charge in [0.15, 0.2) is 6.23 Å². The average Bonchev–Trinajstić information content (AvgIpc) is 4.09. The van der Waals surface area contributed by atoms with Crippen LogP contribution in [0, 0.1) is 34.5 Å². The molecule has 1 unspecified atom stereocenters. The van der Waals surface area contributed by atoms with E-state index >= 15 is 0 Å². The molecule has 0 radical (unpaired) electrons. The molecule has 2 heterocycles. The number of amides is 4. The highest BCUT2D eigenvalue weighted by Crippen LogP contribution is 2.56. The summed E-state index contributed by atoms with van der Waals surface area (Å²) in [7, 11) is 0. The van der Waals surface area contributed by atoms with Crippen LogP contribution in [0.2, 0.25) is 0 Å². The first kappa shape index (κ1) is 56.9. The minimum atomic E-state index is -4.72. The molecule has 0 spiro atoms. The molecule has 1 aliphatic carbocycles. The van der Waals surface area contributed by atoms with E-state index in [4.69, 9.17) is 14.2 Å². The first-order valence-electron chi connectivity index (χ1n) is 25.1. The minimum Gasteiger partial charge on any atom is -0.494 e. The molecule has 404 valence electrons. The second-order valence-electron chi connectivity index (χ2n) is 21.6. The van der Waals surface area contributed by atoms with E-state index in [0.717, 1.165) is 39.4 Å². The number of nitriles is 1. The summed E-state index contributed by atoms with van der Waals surface area (Å²) in [5.74, 6) is -1.35. The number of β-amino-alcohol motifs (C(OH)–C–C–N with tert-alkyl or cyclic N) is 1. The standard InChI is InChI=1S/C57H65F3N6O9S/c1-33-46(76-32-62-33)36-13-17-37(18-14-36)48(69)64-50(71)44-27-40(67)30-66(44)51(72)47(54(2,3)4)63-45(68)31-73-25-9-10-26-74-41-22-19-35(20-23-41)34-11-15-38(16-12-34)49(70)65-52-55(5,6)53(56(52,7)8)75-42-24-21-39(29-61)43(28-42)57(58,59)60/h11-24,28,32,40,44,47-48,52-53,67,69H,9-10,25-27,30-31H2,1-8H3,(H,63,68)(H,64,71)(H,65,70)/t40-,44-,47?,48+,52?,53?/m1/s1. The SMILES string of the molecule is Cc1ncsc1-c1ccc([C@H](O)NC(=O)[C@H]2C[C@@H](O)CN2C(=O)C(NC(=O)COCCCCOc2ccc(-c3ccc(C(=O)NC4C(C)(C)C(Oc5ccc(C#N)c(C(F)(F)F)c5)C4(C)C)cc3)cc2)C(C)(C)C)cc1. The normalized spacial score (nSPS) is 19.6. The number of ether oxygens (including phenoxy) is 3. The molecule has 2 aliphatic rings. The number of hydrogen-bond acceptors (Lipinski definition) is 12. The molecule has 4 amide bonds. The lowest BCUT2D eigenvalue weighted by atomic mass is 9.49. The summed E-state index contributed by atoms with van der Waals surface area (Å²) in [4.78, 5) is 60.7. The summed E-state index contributed by atoms with van der Waals surface area (Å²) in [6.07, 6.45) is -6.42. The number of aromatic nitrogens is 1. The molecule has 5 aromatic rings. The van der Waals surface area contributed by atoms with Crippen LogP contribution in [-0.4, -0.2) is 100 Å². The van der Waals surface area contributed by atoms with E-state index in [-0.39, 0.29) is 43.9 Å². The van der Waals surface area contributed by atoms with E-state index in [1.54, 1.807) is 56.6 Å². The minimum absolute atomic E-state index is 0.00736. The van der Waals surface area contributed by atoms with E-state index in [2.05, 4.69) is 20.9 Å². The Labute approximate surface area is 444 Å². The number of carbonyl (C=O) groups excluding carboxylic acids is 4. The number of carbonyl (C=O) groups is 4. The van der Waals surface area contributed by atoms with Gasteiger partial charge in [-0.25, -0.2) is 4.98 Å². The summed E-state index contributed by atoms with van der Waals surface area (Å²) in [6, 6.07) is 24.1. The van der Waals surface area contributed by atoms with E-state index in [0.29, 0.717) is 36.3 Å². The van der Waals surface area contributed by atoms with Crippen molar-refractivity contribution in [3.8, 4) is 39.1 Å². The Bertz CT molecular complexity index is 2900. The zero-order valence-electron chi connectivity index (χ0n) is 43.8. The number of likely N-dealkylation sites (tertiary alicyclic amines) is 1. The lowest BCUT2D eigenvalue weighted by molar-refractivity contribution is -0.164. The van der Waals surface area contributed by atoms with Crippen molar-refractivity contribution in [2.75, 3.05) is 26.4 Å². The van der Waals surface area contributed by atoms with Crippen LogP contribution in [0.15, 0.2) is 96.5 Å². The van der Waals surface area contributed by atoms with Gasteiger partial charge in [-0.2, -0.15) is 18.4 Å². The van der Waals surface area contributed by atoms with Gasteiger partial charge < -0.3 is 45.3 Å². The maximum absolute atomic E-state index is 14.0. The highest BCUT2D eigenvalue weighted by atomic mass is 32.1. The van der Waals surface area contributed by atoms with Crippen molar-refractivity contribution in [2.45, 2.75) is 117 Å². The van der Waals surface area contributed by atoms with Crippen LogP contribution in [0.25, 0.3) is 21.6 Å². The number of benzene rings is 4. The van der Waals surface area contributed by atoms with Gasteiger partial charge in [-0.1, -0.05) is 97.0 Å². The summed E-state index contributed by atoms with van der Waals surface area (Å²) < 4.78 is 58.6. The number of hydrogen-bond donors (Lipinski definition) is 5. The van der Waals surface area contributed by atoms with Crippen LogP contribution in [0.5, 0.6) is 11.5 Å². The fourth-order valence-electron chi connectivity index (χ4n) is 10.3. The first-order chi connectivity index (χ1) is 35.8. The summed E-state index contributed by atoms with van der Waals surface area (Å²) >= 11 is 1.50. The summed E-state index contributed by atoms with van der Waals surface area (Å²) in [5.41, 5.74) is 2.61. The highest BCUT2D eigenvalue weighted by Gasteiger charge is 2.64. The maximum Gasteiger partial charge on any atom is 0.417 e. The predicted molar refractivity (Wildman–Crippen MR) is 280 cm³/mol. The second kappa shape index (κ2) is 23.2. The predicted octanol–water partition coefficient (Wildman–Crippen LogP) is 8.76. The molecule has 1 saturated carbocycles. The van der Waals surface area contributed by atoms with Crippen LogP contribution in [0.4, 0.5) is 13.2 Å². The van der Waals surface area contributed by atoms with Crippen LogP contribution in [0.1, 0.15) is 107 Å². The monoisotopic (exact) mass is 1070 g/mol. The molecule has 5 N–H and O–H groups in total. The van der Waals surface area contributed by atoms with Gasteiger partial charge in [-0.3, -0.25) is 19.2 Å². The molecular formula is C57H65F3N6O9S. The number of unbranched alkanes of at least 4 members (excludes halogenated alkanes) is 1. The van der Waals surface area contributed by atoms with Crippen LogP contribution < -0.4 is 25.4 Å². The first-order valence-corrected chi connectivity index (χ1v) is 25.9. The third-order valence-electron chi connectivity index (χ3n) is 14.1. The largest absolute Gasteiger partial charge is 0.494 e. The average molecular weight is 1070 g/mol. The molecule has 2 fully saturated rings. The number of aryl methyl sites for hydroxylation is 1. The molecular weight excluding hydrogens is 1000 g/mol. The van der Waals surface area contributed by atoms with E-state index in [1.807, 2.05) is 83.1 Å². The van der Waals surface area contributed by atoms with Crippen LogP contribution >= 0.6 is 11.3 Å². The van der Waals surface area contributed by atoms with Crippen molar-refractivity contribution in [1.82, 2.24) is 25.8 Å². The third kappa shape index (κ3) is 13.0. The van der Waals surface area contributed by atoms with Crippen LogP contribution in [-0.2, 0) is 25.3 Å². The van der Waals surface area contributed by atoms with E-state index < -0.39 is 81.8 Å². The topological polar surface area (TPSA) is 212 Å². The van der Waals surface area contributed by atoms with Crippen molar-refractivity contribution in [3.63, 3.8) is 0 Å². The summed E-state index contributed by atoms with van der Waals surface area (Å²) in [6.45, 7) is 15.1. The van der Waals surface area contributed by atoms with Gasteiger partial charge in [0, 0.05) is 47.6 Å². The Morgan fingerprint density at radius 3 is 2.07 bits per heavy atom. The lowest BCUT2D eigenvalue weighted by Crippen LogP contribution is -2.74. The number of nitrogens with one attached hydrogen (secondary N) is 3. The molecule has 19 heteroatoms. The number of halogens is 3. The number of nitrogens with zero attached hydrogens (tertiary/aromatic N) is 3. The fraction of sp³-hybridized carbons (Fsp3) is 0.439. The van der Waals surface area contributed by atoms with Crippen molar-refractivity contribution in [3.05, 3.63) is 124 Å². The van der Waals surface area contributed by atoms with Crippen LogP contribution in [0.3, 0.4) is 0 Å². The highest BCUT2D eigenvalue weighted by molar-refractivity contribution is 7.13.